The van der Waals surface area contributed by atoms with E-state index in [-0.39, 0.29) is 5.82 Å². The van der Waals surface area contributed by atoms with Gasteiger partial charge in [-0.3, -0.25) is 0 Å². The Morgan fingerprint density at radius 3 is 2.72 bits per heavy atom. The lowest BCUT2D eigenvalue weighted by Crippen LogP contribution is -2.32. The van der Waals surface area contributed by atoms with Crippen LogP contribution in [0.1, 0.15) is 29.8 Å². The van der Waals surface area contributed by atoms with Crippen molar-refractivity contribution in [3.8, 4) is 0 Å². The summed E-state index contributed by atoms with van der Waals surface area (Å²) in [4.78, 5) is 14.1. The first-order valence-corrected chi connectivity index (χ1v) is 11.2. The van der Waals surface area contributed by atoms with Crippen LogP contribution in [0.5, 0.6) is 0 Å². The van der Waals surface area contributed by atoms with Gasteiger partial charge in [0.05, 0.1) is 6.20 Å². The zero-order valence-corrected chi connectivity index (χ0v) is 18.0. The molecule has 0 bridgehead atoms. The van der Waals surface area contributed by atoms with Gasteiger partial charge in [-0.25, -0.2) is 14.4 Å². The predicted molar refractivity (Wildman–Crippen MR) is 124 cm³/mol. The van der Waals surface area contributed by atoms with E-state index < -0.39 is 0 Å². The third-order valence-electron chi connectivity index (χ3n) is 6.01. The van der Waals surface area contributed by atoms with Crippen molar-refractivity contribution >= 4 is 17.1 Å². The first-order chi connectivity index (χ1) is 15.8. The van der Waals surface area contributed by atoms with Gasteiger partial charge in [-0.05, 0) is 43.5 Å². The van der Waals surface area contributed by atoms with Crippen molar-refractivity contribution in [3.63, 3.8) is 0 Å². The minimum Gasteiger partial charge on any atom is -0.350 e. The highest BCUT2D eigenvalue weighted by Crippen LogP contribution is 2.22. The molecule has 0 saturated carbocycles. The molecule has 2 aromatic heterocycles. The summed E-state index contributed by atoms with van der Waals surface area (Å²) in [5.41, 5.74) is 3.42. The van der Waals surface area contributed by atoms with E-state index in [4.69, 9.17) is 9.97 Å². The summed E-state index contributed by atoms with van der Waals surface area (Å²) in [6.45, 7) is 3.30. The lowest BCUT2D eigenvalue weighted by atomic mass is 9.99. The third-order valence-corrected chi connectivity index (χ3v) is 6.01. The Balaban J connectivity index is 1.45. The zero-order chi connectivity index (χ0) is 21.8. The molecular formula is C25H27FN6. The number of anilines is 1. The van der Waals surface area contributed by atoms with E-state index >= 15 is 0 Å². The fourth-order valence-electron chi connectivity index (χ4n) is 4.31. The number of hydrogen-bond acceptors (Lipinski definition) is 5. The van der Waals surface area contributed by atoms with E-state index in [9.17, 15) is 4.39 Å². The number of hydrogen-bond donors (Lipinski definition) is 2. The van der Waals surface area contributed by atoms with Gasteiger partial charge < -0.3 is 15.2 Å². The van der Waals surface area contributed by atoms with Crippen LogP contribution in [0, 0.1) is 11.7 Å². The number of nitrogens with zero attached hydrogens (tertiary/aromatic N) is 4. The second-order valence-corrected chi connectivity index (χ2v) is 8.36. The average Bonchev–Trinajstić information content (AvgIpc) is 3.16. The van der Waals surface area contributed by atoms with Gasteiger partial charge in [-0.2, -0.15) is 4.98 Å². The largest absolute Gasteiger partial charge is 0.350 e. The highest BCUT2D eigenvalue weighted by molar-refractivity contribution is 5.72. The van der Waals surface area contributed by atoms with Crippen molar-refractivity contribution in [3.05, 3.63) is 83.6 Å². The van der Waals surface area contributed by atoms with Gasteiger partial charge in [0, 0.05) is 25.1 Å². The van der Waals surface area contributed by atoms with Crippen LogP contribution in [0.2, 0.25) is 0 Å². The van der Waals surface area contributed by atoms with Gasteiger partial charge in [0.1, 0.15) is 17.2 Å². The van der Waals surface area contributed by atoms with Gasteiger partial charge in [-0.1, -0.05) is 48.5 Å². The summed E-state index contributed by atoms with van der Waals surface area (Å²) in [7, 11) is 0. The van der Waals surface area contributed by atoms with Crippen LogP contribution >= 0.6 is 0 Å². The number of benzene rings is 2. The summed E-state index contributed by atoms with van der Waals surface area (Å²) in [6.07, 6.45) is 4.89. The molecule has 32 heavy (non-hydrogen) atoms. The number of nitrogens with one attached hydrogen (secondary N) is 2. The smallest absolute Gasteiger partial charge is 0.225 e. The van der Waals surface area contributed by atoms with Crippen LogP contribution < -0.4 is 10.6 Å². The minimum absolute atomic E-state index is 0.235. The molecule has 0 spiro atoms. The minimum atomic E-state index is -0.235. The monoisotopic (exact) mass is 430 g/mol. The molecule has 0 aliphatic carbocycles. The molecule has 5 rings (SSSR count). The van der Waals surface area contributed by atoms with Crippen LogP contribution in [-0.4, -0.2) is 32.6 Å². The first-order valence-electron chi connectivity index (χ1n) is 11.2. The fourth-order valence-corrected chi connectivity index (χ4v) is 4.31. The average molecular weight is 431 g/mol. The quantitative estimate of drug-likeness (QED) is 0.461. The molecule has 2 N–H and O–H groups in total. The second kappa shape index (κ2) is 9.44. The van der Waals surface area contributed by atoms with Crippen molar-refractivity contribution in [2.45, 2.75) is 32.4 Å². The van der Waals surface area contributed by atoms with Gasteiger partial charge in [-0.15, -0.1) is 0 Å². The Morgan fingerprint density at radius 2 is 1.91 bits per heavy atom. The number of piperidine rings is 1. The summed E-state index contributed by atoms with van der Waals surface area (Å²) in [5, 5.41) is 6.67. The molecule has 0 radical (unpaired) electrons. The molecule has 4 aromatic rings. The highest BCUT2D eigenvalue weighted by atomic mass is 19.1. The topological polar surface area (TPSA) is 67.7 Å². The van der Waals surface area contributed by atoms with Gasteiger partial charge in [0.15, 0.2) is 5.65 Å². The van der Waals surface area contributed by atoms with E-state index in [1.165, 1.54) is 24.5 Å². The van der Waals surface area contributed by atoms with Gasteiger partial charge in [0.25, 0.3) is 0 Å². The zero-order valence-electron chi connectivity index (χ0n) is 18.0. The van der Waals surface area contributed by atoms with Crippen molar-refractivity contribution < 1.29 is 4.39 Å². The number of fused-ring (bicyclic) bond motifs is 1. The van der Waals surface area contributed by atoms with Crippen molar-refractivity contribution in [1.82, 2.24) is 24.8 Å². The van der Waals surface area contributed by atoms with E-state index in [1.54, 1.807) is 18.3 Å². The van der Waals surface area contributed by atoms with Crippen LogP contribution in [0.4, 0.5) is 10.3 Å². The second-order valence-electron chi connectivity index (χ2n) is 8.36. The van der Waals surface area contributed by atoms with Gasteiger partial charge >= 0.3 is 0 Å². The highest BCUT2D eigenvalue weighted by Gasteiger charge is 2.19. The molecule has 1 unspecified atom stereocenters. The molecular weight excluding hydrogens is 403 g/mol. The summed E-state index contributed by atoms with van der Waals surface area (Å²) < 4.78 is 16.2. The Bertz CT molecular complexity index is 1180. The van der Waals surface area contributed by atoms with Crippen molar-refractivity contribution in [2.75, 3.05) is 18.4 Å². The molecule has 1 saturated heterocycles. The lowest BCUT2D eigenvalue weighted by molar-refractivity contribution is 0.337. The molecule has 164 valence electrons. The maximum Gasteiger partial charge on any atom is 0.225 e. The van der Waals surface area contributed by atoms with E-state index in [2.05, 4.69) is 44.5 Å². The summed E-state index contributed by atoms with van der Waals surface area (Å²) in [5.74, 6) is 1.79. The number of aromatic nitrogens is 4. The molecule has 1 atom stereocenters. The number of imidazole rings is 1. The van der Waals surface area contributed by atoms with Crippen LogP contribution in [-0.2, 0) is 19.5 Å². The molecule has 7 heteroatoms. The molecule has 1 aliphatic rings. The molecule has 2 aromatic carbocycles. The van der Waals surface area contributed by atoms with Crippen LogP contribution in [0.25, 0.3) is 11.2 Å². The molecule has 1 aliphatic heterocycles. The third kappa shape index (κ3) is 4.62. The maximum absolute atomic E-state index is 14.0. The first kappa shape index (κ1) is 20.6. The van der Waals surface area contributed by atoms with E-state index in [0.717, 1.165) is 43.0 Å². The SMILES string of the molecule is Fc1ccccc1CNc1ncc2nc(Cc3ccccc3)n(CC3CCCNC3)c2n1. The Labute approximate surface area is 186 Å². The normalized spacial score (nSPS) is 16.3. The molecule has 6 nitrogen and oxygen atoms in total. The number of rotatable bonds is 7. The molecule has 0 amide bonds. The van der Waals surface area contributed by atoms with Crippen molar-refractivity contribution in [2.24, 2.45) is 5.92 Å². The Hall–Kier alpha value is -3.32. The molecule has 3 heterocycles. The predicted octanol–water partition coefficient (Wildman–Crippen LogP) is 4.17. The standard InChI is InChI=1S/C25H27FN6/c26-21-11-5-4-10-20(21)15-28-25-29-16-22-24(31-25)32(17-19-9-6-12-27-14-19)23(30-22)13-18-7-2-1-3-8-18/h1-5,7-8,10-11,16,19,27H,6,9,12-15,17H2,(H,28,29,31). The molecule has 1 fully saturated rings. The Kier molecular flexibility index (Phi) is 6.07. The summed E-state index contributed by atoms with van der Waals surface area (Å²) >= 11 is 0. The fraction of sp³-hybridized carbons (Fsp3) is 0.320. The maximum atomic E-state index is 14.0. The van der Waals surface area contributed by atoms with Crippen LogP contribution in [0.3, 0.4) is 0 Å². The van der Waals surface area contributed by atoms with Gasteiger partial charge in [0.2, 0.25) is 5.95 Å². The number of halogens is 1. The lowest BCUT2D eigenvalue weighted by Gasteiger charge is -2.24. The van der Waals surface area contributed by atoms with E-state index in [1.807, 2.05) is 12.1 Å². The van der Waals surface area contributed by atoms with Crippen molar-refractivity contribution in [1.29, 1.82) is 0 Å². The summed E-state index contributed by atoms with van der Waals surface area (Å²) in [6, 6.07) is 17.1. The Morgan fingerprint density at radius 1 is 1.06 bits per heavy atom. The van der Waals surface area contributed by atoms with Crippen LogP contribution in [0.15, 0.2) is 60.8 Å². The van der Waals surface area contributed by atoms with E-state index in [0.29, 0.717) is 24.0 Å².